The Morgan fingerprint density at radius 1 is 1.14 bits per heavy atom. The molecule has 0 spiro atoms. The smallest absolute Gasteiger partial charge is 0.244 e. The van der Waals surface area contributed by atoms with Crippen molar-refractivity contribution in [1.82, 2.24) is 4.90 Å². The maximum atomic E-state index is 13.0. The molecule has 0 aliphatic carbocycles. The Morgan fingerprint density at radius 2 is 1.79 bits per heavy atom. The van der Waals surface area contributed by atoms with Crippen LogP contribution in [0.5, 0.6) is 0 Å². The number of amides is 2. The van der Waals surface area contributed by atoms with Gasteiger partial charge in [-0.25, -0.2) is 0 Å². The lowest BCUT2D eigenvalue weighted by Crippen LogP contribution is -2.47. The van der Waals surface area contributed by atoms with Crippen LogP contribution in [0.4, 0.5) is 11.4 Å². The highest BCUT2D eigenvalue weighted by molar-refractivity contribution is 5.99. The average Bonchev–Trinajstić information content (AvgIpc) is 3.07. The third kappa shape index (κ3) is 4.09. The number of anilines is 2. The molecule has 1 heterocycles. The number of hydrogen-bond donors (Lipinski definition) is 1. The van der Waals surface area contributed by atoms with Gasteiger partial charge in [0.05, 0.1) is 12.6 Å². The normalized spacial score (nSPS) is 14.1. The zero-order chi connectivity index (χ0) is 20.4. The first kappa shape index (κ1) is 20.1. The molecule has 1 aliphatic heterocycles. The minimum atomic E-state index is -0.378. The fraction of sp³-hybridized carbons (Fsp3) is 0.391. The van der Waals surface area contributed by atoms with Gasteiger partial charge in [-0.2, -0.15) is 0 Å². The topological polar surface area (TPSA) is 52.7 Å². The molecular weight excluding hydrogens is 350 g/mol. The summed E-state index contributed by atoms with van der Waals surface area (Å²) in [6.45, 7) is 8.76. The Kier molecular flexibility index (Phi) is 5.84. The predicted octanol–water partition coefficient (Wildman–Crippen LogP) is 3.46. The number of likely N-dealkylation sites (N-methyl/N-ethyl adjacent to an activating group) is 1. The molecule has 5 nitrogen and oxygen atoms in total. The summed E-state index contributed by atoms with van der Waals surface area (Å²) >= 11 is 0. The predicted molar refractivity (Wildman–Crippen MR) is 114 cm³/mol. The van der Waals surface area contributed by atoms with Gasteiger partial charge in [-0.1, -0.05) is 35.9 Å². The number of carbonyl (C=O) groups excluding carboxylic acids is 2. The van der Waals surface area contributed by atoms with Crippen LogP contribution in [0, 0.1) is 20.8 Å². The van der Waals surface area contributed by atoms with Crippen molar-refractivity contribution in [2.45, 2.75) is 40.2 Å². The summed E-state index contributed by atoms with van der Waals surface area (Å²) in [5.74, 6) is -0.0815. The van der Waals surface area contributed by atoms with Gasteiger partial charge in [-0.05, 0) is 63.9 Å². The van der Waals surface area contributed by atoms with Gasteiger partial charge in [0.25, 0.3) is 0 Å². The van der Waals surface area contributed by atoms with Crippen LogP contribution in [0.3, 0.4) is 0 Å². The summed E-state index contributed by atoms with van der Waals surface area (Å²) in [6, 6.07) is 11.8. The largest absolute Gasteiger partial charge is 0.324 e. The fourth-order valence-corrected chi connectivity index (χ4v) is 3.90. The van der Waals surface area contributed by atoms with E-state index in [1.165, 1.54) is 11.1 Å². The summed E-state index contributed by atoms with van der Waals surface area (Å²) in [6.07, 6.45) is 0.880. The maximum Gasteiger partial charge on any atom is 0.244 e. The van der Waals surface area contributed by atoms with Gasteiger partial charge in [-0.3, -0.25) is 14.5 Å². The van der Waals surface area contributed by atoms with Crippen LogP contribution in [0.2, 0.25) is 0 Å². The van der Waals surface area contributed by atoms with Gasteiger partial charge < -0.3 is 10.2 Å². The van der Waals surface area contributed by atoms with Crippen molar-refractivity contribution >= 4 is 23.2 Å². The number of rotatable bonds is 5. The summed E-state index contributed by atoms with van der Waals surface area (Å²) in [5, 5.41) is 3.01. The molecule has 28 heavy (non-hydrogen) atoms. The number of aryl methyl sites for hydroxylation is 3. The lowest BCUT2D eigenvalue weighted by molar-refractivity contribution is -0.124. The Hall–Kier alpha value is -2.66. The Morgan fingerprint density at radius 3 is 2.46 bits per heavy atom. The zero-order valence-electron chi connectivity index (χ0n) is 17.4. The molecule has 1 atom stereocenters. The molecule has 1 aliphatic rings. The molecule has 1 N–H and O–H groups in total. The van der Waals surface area contributed by atoms with E-state index in [0.717, 1.165) is 28.9 Å². The number of carbonyl (C=O) groups is 2. The first-order valence-corrected chi connectivity index (χ1v) is 9.75. The number of nitrogens with one attached hydrogen (secondary N) is 1. The van der Waals surface area contributed by atoms with Gasteiger partial charge >= 0.3 is 0 Å². The van der Waals surface area contributed by atoms with Gasteiger partial charge in [0, 0.05) is 17.9 Å². The van der Waals surface area contributed by atoms with E-state index in [1.54, 1.807) is 4.90 Å². The summed E-state index contributed by atoms with van der Waals surface area (Å²) < 4.78 is 0. The molecule has 2 amide bonds. The van der Waals surface area contributed by atoms with E-state index in [1.807, 2.05) is 57.8 Å². The van der Waals surface area contributed by atoms with E-state index in [4.69, 9.17) is 0 Å². The second-order valence-corrected chi connectivity index (χ2v) is 7.78. The zero-order valence-corrected chi connectivity index (χ0v) is 17.4. The number of benzene rings is 2. The molecule has 0 bridgehead atoms. The fourth-order valence-electron chi connectivity index (χ4n) is 3.90. The van der Waals surface area contributed by atoms with Crippen molar-refractivity contribution in [3.8, 4) is 0 Å². The van der Waals surface area contributed by atoms with Gasteiger partial charge in [0.2, 0.25) is 11.8 Å². The van der Waals surface area contributed by atoms with Crippen molar-refractivity contribution in [2.24, 2.45) is 0 Å². The lowest BCUT2D eigenvalue weighted by atomic mass is 10.1. The molecule has 5 heteroatoms. The van der Waals surface area contributed by atoms with Crippen LogP contribution < -0.4 is 10.2 Å². The minimum absolute atomic E-state index is 0.0305. The van der Waals surface area contributed by atoms with Crippen LogP contribution in [0.15, 0.2) is 36.4 Å². The van der Waals surface area contributed by atoms with Crippen LogP contribution >= 0.6 is 0 Å². The third-order valence-electron chi connectivity index (χ3n) is 5.51. The van der Waals surface area contributed by atoms with Crippen molar-refractivity contribution in [2.75, 3.05) is 30.4 Å². The lowest BCUT2D eigenvalue weighted by Gasteiger charge is -2.28. The van der Waals surface area contributed by atoms with E-state index >= 15 is 0 Å². The summed E-state index contributed by atoms with van der Waals surface area (Å²) in [7, 11) is 1.82. The number of hydrogen-bond acceptors (Lipinski definition) is 3. The van der Waals surface area contributed by atoms with Crippen molar-refractivity contribution in [3.63, 3.8) is 0 Å². The van der Waals surface area contributed by atoms with E-state index in [2.05, 4.69) is 23.5 Å². The molecule has 2 aromatic rings. The summed E-state index contributed by atoms with van der Waals surface area (Å²) in [5.41, 5.74) is 6.32. The van der Waals surface area contributed by atoms with E-state index in [0.29, 0.717) is 6.54 Å². The van der Waals surface area contributed by atoms with Gasteiger partial charge in [0.15, 0.2) is 0 Å². The van der Waals surface area contributed by atoms with Crippen molar-refractivity contribution in [3.05, 3.63) is 58.7 Å². The maximum absolute atomic E-state index is 13.0. The molecule has 1 unspecified atom stereocenters. The van der Waals surface area contributed by atoms with Crippen molar-refractivity contribution in [1.29, 1.82) is 0 Å². The molecule has 0 saturated carbocycles. The number of para-hydroxylation sites is 1. The average molecular weight is 380 g/mol. The van der Waals surface area contributed by atoms with Crippen LogP contribution in [-0.4, -0.2) is 42.9 Å². The molecule has 0 saturated heterocycles. The van der Waals surface area contributed by atoms with Gasteiger partial charge in [-0.15, -0.1) is 0 Å². The monoisotopic (exact) mass is 379 g/mol. The SMILES string of the molecule is Cc1cc(C)c(NC(=O)CN(C)C(C)C(=O)N2CCc3ccccc32)c(C)c1. The van der Waals surface area contributed by atoms with Crippen molar-refractivity contribution < 1.29 is 9.59 Å². The molecule has 2 aromatic carbocycles. The molecule has 0 fully saturated rings. The second-order valence-electron chi connectivity index (χ2n) is 7.78. The Bertz CT molecular complexity index is 883. The van der Waals surface area contributed by atoms with E-state index in [-0.39, 0.29) is 24.4 Å². The van der Waals surface area contributed by atoms with Crippen LogP contribution in [0.1, 0.15) is 29.2 Å². The standard InChI is InChI=1S/C23H29N3O2/c1-15-12-16(2)22(17(3)13-15)24-21(27)14-25(5)18(4)23(28)26-11-10-19-8-6-7-9-20(19)26/h6-9,12-13,18H,10-11,14H2,1-5H3,(H,24,27). The minimum Gasteiger partial charge on any atom is -0.324 e. The first-order valence-electron chi connectivity index (χ1n) is 9.75. The number of fused-ring (bicyclic) bond motifs is 1. The first-order chi connectivity index (χ1) is 13.3. The highest BCUT2D eigenvalue weighted by Gasteiger charge is 2.30. The quantitative estimate of drug-likeness (QED) is 0.866. The molecule has 0 aromatic heterocycles. The van der Waals surface area contributed by atoms with Gasteiger partial charge in [0.1, 0.15) is 0 Å². The summed E-state index contributed by atoms with van der Waals surface area (Å²) in [4.78, 5) is 29.2. The third-order valence-corrected chi connectivity index (χ3v) is 5.51. The van der Waals surface area contributed by atoms with E-state index in [9.17, 15) is 9.59 Å². The Labute approximate surface area is 167 Å². The Balaban J connectivity index is 1.64. The van der Waals surface area contributed by atoms with Crippen LogP contribution in [0.25, 0.3) is 0 Å². The molecule has 3 rings (SSSR count). The molecular formula is C23H29N3O2. The second kappa shape index (κ2) is 8.15. The van der Waals surface area contributed by atoms with Crippen LogP contribution in [-0.2, 0) is 16.0 Å². The highest BCUT2D eigenvalue weighted by Crippen LogP contribution is 2.28. The van der Waals surface area contributed by atoms with E-state index < -0.39 is 0 Å². The number of nitrogens with zero attached hydrogens (tertiary/aromatic N) is 2. The molecule has 148 valence electrons. The molecule has 0 radical (unpaired) electrons. The highest BCUT2D eigenvalue weighted by atomic mass is 16.2.